The molecule has 5 rings (SSSR count). The van der Waals surface area contributed by atoms with Gasteiger partial charge in [0, 0.05) is 24.6 Å². The lowest BCUT2D eigenvalue weighted by atomic mass is 9.78. The molecule has 2 saturated heterocycles. The zero-order chi connectivity index (χ0) is 25.8. The van der Waals surface area contributed by atoms with Crippen molar-refractivity contribution >= 4 is 11.9 Å². The zero-order valence-corrected chi connectivity index (χ0v) is 20.2. The summed E-state index contributed by atoms with van der Waals surface area (Å²) >= 11 is 0. The van der Waals surface area contributed by atoms with Crippen molar-refractivity contribution in [1.82, 2.24) is 9.80 Å². The molecule has 1 aromatic rings. The summed E-state index contributed by atoms with van der Waals surface area (Å²) in [5, 5.41) is 7.12. The van der Waals surface area contributed by atoms with Crippen LogP contribution < -0.4 is 9.47 Å². The number of morpholine rings is 1. The Bertz CT molecular complexity index is 933. The van der Waals surface area contributed by atoms with E-state index in [1.165, 1.54) is 45.2 Å². The number of rotatable bonds is 2. The number of amides is 1. The van der Waals surface area contributed by atoms with Gasteiger partial charge in [0.2, 0.25) is 0 Å². The molecular weight excluding hydrogens is 481 g/mol. The number of carboxylic acids is 1. The van der Waals surface area contributed by atoms with Gasteiger partial charge in [0.15, 0.2) is 11.5 Å². The van der Waals surface area contributed by atoms with Crippen LogP contribution in [0.2, 0.25) is 0 Å². The van der Waals surface area contributed by atoms with E-state index in [9.17, 15) is 18.0 Å². The van der Waals surface area contributed by atoms with Gasteiger partial charge in [-0.25, -0.2) is 4.79 Å². The number of likely N-dealkylation sites (tertiary alicyclic amines) is 1. The van der Waals surface area contributed by atoms with Gasteiger partial charge in [-0.3, -0.25) is 9.69 Å². The van der Waals surface area contributed by atoms with E-state index in [1.54, 1.807) is 0 Å². The largest absolute Gasteiger partial charge is 0.490 e. The molecule has 0 bridgehead atoms. The van der Waals surface area contributed by atoms with Crippen LogP contribution in [0.3, 0.4) is 0 Å². The third-order valence-corrected chi connectivity index (χ3v) is 7.25. The zero-order valence-electron chi connectivity index (χ0n) is 20.2. The van der Waals surface area contributed by atoms with Crippen LogP contribution in [0.1, 0.15) is 55.3 Å². The molecule has 1 spiro atoms. The van der Waals surface area contributed by atoms with Gasteiger partial charge in [0.05, 0.1) is 26.4 Å². The van der Waals surface area contributed by atoms with Gasteiger partial charge >= 0.3 is 12.1 Å². The van der Waals surface area contributed by atoms with Crippen molar-refractivity contribution in [2.24, 2.45) is 0 Å². The van der Waals surface area contributed by atoms with E-state index in [-0.39, 0.29) is 11.5 Å². The molecular formula is C25H33F3N2O6. The summed E-state index contributed by atoms with van der Waals surface area (Å²) in [5.41, 5.74) is 0.474. The number of hydrogen-bond donors (Lipinski definition) is 1. The monoisotopic (exact) mass is 514 g/mol. The van der Waals surface area contributed by atoms with Gasteiger partial charge in [0.1, 0.15) is 5.60 Å². The molecule has 2 atom stereocenters. The van der Waals surface area contributed by atoms with Crippen LogP contribution in [0.25, 0.3) is 0 Å². The first-order chi connectivity index (χ1) is 17.2. The van der Waals surface area contributed by atoms with Crippen LogP contribution in [0.5, 0.6) is 11.5 Å². The molecule has 3 fully saturated rings. The second kappa shape index (κ2) is 11.2. The van der Waals surface area contributed by atoms with Crippen molar-refractivity contribution in [2.75, 3.05) is 46.0 Å². The van der Waals surface area contributed by atoms with Gasteiger partial charge in [-0.2, -0.15) is 13.2 Å². The number of alkyl halides is 3. The van der Waals surface area contributed by atoms with Crippen LogP contribution in [-0.2, 0) is 9.53 Å². The highest BCUT2D eigenvalue weighted by atomic mass is 19.4. The Hall–Kier alpha value is -2.53. The first-order valence-corrected chi connectivity index (χ1v) is 12.6. The molecule has 1 N–H and O–H groups in total. The third kappa shape index (κ3) is 6.05. The van der Waals surface area contributed by atoms with E-state index in [4.69, 9.17) is 24.1 Å². The number of carbonyl (C=O) groups excluding carboxylic acids is 1. The van der Waals surface area contributed by atoms with Crippen LogP contribution in [0, 0.1) is 0 Å². The molecule has 2 unspecified atom stereocenters. The number of hydrogen-bond acceptors (Lipinski definition) is 6. The minimum atomic E-state index is -5.08. The maximum absolute atomic E-state index is 13.4. The minimum absolute atomic E-state index is 0.0778. The molecule has 200 valence electrons. The lowest BCUT2D eigenvalue weighted by Gasteiger charge is -2.52. The maximum atomic E-state index is 13.4. The Labute approximate surface area is 208 Å². The Morgan fingerprint density at radius 1 is 0.944 bits per heavy atom. The standard InChI is InChI=1S/C23H32N2O4.C2HF3O2/c26-22(18-7-8-19-20(16-18)28-14-5-13-27-19)25-12-15-29-23(17-25)9-2-1-6-21(23)24-10-3-4-11-24;3-2(4,5)1(6)7/h7-8,16,21H,1-6,9-15,17H2;(H,6,7). The molecule has 1 amide bonds. The first-order valence-electron chi connectivity index (χ1n) is 12.6. The number of carboxylic acid groups (broad SMARTS) is 1. The smallest absolute Gasteiger partial charge is 0.490 e. The first kappa shape index (κ1) is 26.5. The molecule has 0 radical (unpaired) electrons. The molecule has 1 aliphatic carbocycles. The summed E-state index contributed by atoms with van der Waals surface area (Å²) in [5.74, 6) is -1.26. The van der Waals surface area contributed by atoms with E-state index in [2.05, 4.69) is 4.90 Å². The molecule has 11 heteroatoms. The Morgan fingerprint density at radius 2 is 1.64 bits per heavy atom. The van der Waals surface area contributed by atoms with E-state index < -0.39 is 12.1 Å². The lowest BCUT2D eigenvalue weighted by Crippen LogP contribution is -2.64. The second-order valence-electron chi connectivity index (χ2n) is 9.66. The quantitative estimate of drug-likeness (QED) is 0.644. The SMILES string of the molecule is O=C(O)C(F)(F)F.O=C(c1ccc2c(c1)OCCCO2)N1CCOC2(CCCCC2N2CCCC2)C1. The van der Waals surface area contributed by atoms with Crippen LogP contribution in [0.15, 0.2) is 18.2 Å². The van der Waals surface area contributed by atoms with E-state index in [1.807, 2.05) is 23.1 Å². The molecule has 8 nitrogen and oxygen atoms in total. The number of carbonyl (C=O) groups is 2. The highest BCUT2D eigenvalue weighted by Crippen LogP contribution is 2.39. The number of aliphatic carboxylic acids is 1. The fourth-order valence-electron chi connectivity index (χ4n) is 5.57. The van der Waals surface area contributed by atoms with E-state index >= 15 is 0 Å². The second-order valence-corrected chi connectivity index (χ2v) is 9.66. The van der Waals surface area contributed by atoms with Crippen LogP contribution in [0.4, 0.5) is 13.2 Å². The average molecular weight is 515 g/mol. The summed E-state index contributed by atoms with van der Waals surface area (Å²) in [6.45, 7) is 5.61. The number of fused-ring (bicyclic) bond motifs is 1. The highest BCUT2D eigenvalue weighted by molar-refractivity contribution is 5.95. The lowest BCUT2D eigenvalue weighted by molar-refractivity contribution is -0.192. The Balaban J connectivity index is 0.000000384. The van der Waals surface area contributed by atoms with Gasteiger partial charge in [0.25, 0.3) is 5.91 Å². The number of ether oxygens (including phenoxy) is 3. The van der Waals surface area contributed by atoms with Crippen molar-refractivity contribution in [1.29, 1.82) is 0 Å². The summed E-state index contributed by atoms with van der Waals surface area (Å²) in [7, 11) is 0. The molecule has 0 aromatic heterocycles. The maximum Gasteiger partial charge on any atom is 0.490 e. The molecule has 1 aromatic carbocycles. The summed E-state index contributed by atoms with van der Waals surface area (Å²) < 4.78 is 49.7. The predicted molar refractivity (Wildman–Crippen MR) is 123 cm³/mol. The summed E-state index contributed by atoms with van der Waals surface area (Å²) in [4.78, 5) is 26.9. The summed E-state index contributed by atoms with van der Waals surface area (Å²) in [6.07, 6.45) is 3.05. The third-order valence-electron chi connectivity index (χ3n) is 7.25. The van der Waals surface area contributed by atoms with Crippen LogP contribution >= 0.6 is 0 Å². The fourth-order valence-corrected chi connectivity index (χ4v) is 5.57. The topological polar surface area (TPSA) is 88.5 Å². The van der Waals surface area contributed by atoms with Crippen LogP contribution in [-0.4, -0.2) is 90.6 Å². The van der Waals surface area contributed by atoms with Crippen molar-refractivity contribution in [3.05, 3.63) is 23.8 Å². The average Bonchev–Trinajstić information content (AvgIpc) is 3.28. The molecule has 1 saturated carbocycles. The van der Waals surface area contributed by atoms with Crippen molar-refractivity contribution < 1.29 is 42.1 Å². The van der Waals surface area contributed by atoms with Crippen molar-refractivity contribution in [3.8, 4) is 11.5 Å². The highest BCUT2D eigenvalue weighted by Gasteiger charge is 2.48. The van der Waals surface area contributed by atoms with E-state index in [0.29, 0.717) is 50.3 Å². The molecule has 3 heterocycles. The van der Waals surface area contributed by atoms with Gasteiger partial charge in [-0.15, -0.1) is 0 Å². The minimum Gasteiger partial charge on any atom is -0.490 e. The van der Waals surface area contributed by atoms with Gasteiger partial charge < -0.3 is 24.2 Å². The number of benzene rings is 1. The molecule has 3 aliphatic heterocycles. The van der Waals surface area contributed by atoms with Gasteiger partial charge in [-0.05, 0) is 57.0 Å². The normalized spacial score (nSPS) is 26.6. The Morgan fingerprint density at radius 3 is 2.33 bits per heavy atom. The number of halogens is 3. The van der Waals surface area contributed by atoms with Crippen molar-refractivity contribution in [2.45, 2.75) is 62.8 Å². The Kier molecular flexibility index (Phi) is 8.29. The van der Waals surface area contributed by atoms with Gasteiger partial charge in [-0.1, -0.05) is 12.8 Å². The number of nitrogens with zero attached hydrogens (tertiary/aromatic N) is 2. The summed E-state index contributed by atoms with van der Waals surface area (Å²) in [6, 6.07) is 6.04. The molecule has 36 heavy (non-hydrogen) atoms. The van der Waals surface area contributed by atoms with E-state index in [0.717, 1.165) is 18.6 Å². The predicted octanol–water partition coefficient (Wildman–Crippen LogP) is 3.73. The van der Waals surface area contributed by atoms with Crippen molar-refractivity contribution in [3.63, 3.8) is 0 Å². The fraction of sp³-hybridized carbons (Fsp3) is 0.680. The molecule has 4 aliphatic rings.